The number of carbonyl (C=O) groups is 1. The number of nitrogens with one attached hydrogen (secondary N) is 1. The Morgan fingerprint density at radius 3 is 2.58 bits per heavy atom. The maximum atomic E-state index is 12.8. The van der Waals surface area contributed by atoms with Crippen molar-refractivity contribution in [1.82, 2.24) is 15.2 Å². The third-order valence-corrected chi connectivity index (χ3v) is 6.71. The van der Waals surface area contributed by atoms with Crippen molar-refractivity contribution in [3.8, 4) is 0 Å². The molecule has 2 fully saturated rings. The van der Waals surface area contributed by atoms with E-state index in [1.54, 1.807) is 11.3 Å². The summed E-state index contributed by atoms with van der Waals surface area (Å²) in [5, 5.41) is 6.50. The Labute approximate surface area is 159 Å². The molecule has 4 nitrogen and oxygen atoms in total. The molecule has 2 aromatic rings. The van der Waals surface area contributed by atoms with Crippen LogP contribution >= 0.6 is 11.3 Å². The van der Waals surface area contributed by atoms with Gasteiger partial charge in [-0.3, -0.25) is 4.79 Å². The summed E-state index contributed by atoms with van der Waals surface area (Å²) in [6, 6.07) is 10.7. The Bertz CT molecular complexity index is 716. The highest BCUT2D eigenvalue weighted by atomic mass is 32.1. The van der Waals surface area contributed by atoms with E-state index in [2.05, 4.69) is 35.6 Å². The molecule has 0 unspecified atom stereocenters. The van der Waals surface area contributed by atoms with Gasteiger partial charge >= 0.3 is 0 Å². The van der Waals surface area contributed by atoms with Crippen LogP contribution in [-0.4, -0.2) is 42.0 Å². The largest absolute Gasteiger partial charge is 0.337 e. The quantitative estimate of drug-likeness (QED) is 0.894. The average Bonchev–Trinajstić information content (AvgIpc) is 3.20. The lowest BCUT2D eigenvalue weighted by Gasteiger charge is -2.31. The molecule has 138 valence electrons. The third kappa shape index (κ3) is 4.15. The first-order valence-corrected chi connectivity index (χ1v) is 10.7. The second kappa shape index (κ2) is 8.31. The Morgan fingerprint density at radius 2 is 1.85 bits per heavy atom. The molecule has 0 aliphatic carbocycles. The van der Waals surface area contributed by atoms with Crippen LogP contribution in [0.4, 0.5) is 0 Å². The first-order chi connectivity index (χ1) is 12.8. The number of carbonyl (C=O) groups excluding carboxylic acids is 1. The molecule has 0 bridgehead atoms. The van der Waals surface area contributed by atoms with Crippen LogP contribution in [0.3, 0.4) is 0 Å². The highest BCUT2D eigenvalue weighted by Crippen LogP contribution is 2.29. The van der Waals surface area contributed by atoms with Crippen LogP contribution in [-0.2, 0) is 6.42 Å². The van der Waals surface area contributed by atoms with Crippen molar-refractivity contribution >= 4 is 17.2 Å². The number of rotatable bonds is 4. The lowest BCUT2D eigenvalue weighted by molar-refractivity contribution is 0.0685. The lowest BCUT2D eigenvalue weighted by Crippen LogP contribution is -2.39. The zero-order valence-electron chi connectivity index (χ0n) is 15.2. The summed E-state index contributed by atoms with van der Waals surface area (Å²) in [4.78, 5) is 19.5. The zero-order chi connectivity index (χ0) is 17.8. The maximum Gasteiger partial charge on any atom is 0.273 e. The number of hydrogen-bond donors (Lipinski definition) is 1. The molecular formula is C21H27N3OS. The van der Waals surface area contributed by atoms with Crippen LogP contribution in [0, 0.1) is 5.92 Å². The van der Waals surface area contributed by atoms with Crippen LogP contribution in [0.5, 0.6) is 0 Å². The summed E-state index contributed by atoms with van der Waals surface area (Å²) in [5.41, 5.74) is 2.06. The molecule has 5 heteroatoms. The van der Waals surface area contributed by atoms with Crippen LogP contribution in [0.1, 0.15) is 52.7 Å². The van der Waals surface area contributed by atoms with Gasteiger partial charge in [-0.05, 0) is 56.7 Å². The minimum Gasteiger partial charge on any atom is -0.337 e. The lowest BCUT2D eigenvalue weighted by atomic mass is 9.90. The molecule has 2 saturated heterocycles. The van der Waals surface area contributed by atoms with Gasteiger partial charge < -0.3 is 10.2 Å². The molecule has 3 heterocycles. The summed E-state index contributed by atoms with van der Waals surface area (Å²) >= 11 is 1.66. The highest BCUT2D eigenvalue weighted by molar-refractivity contribution is 7.09. The van der Waals surface area contributed by atoms with E-state index in [1.807, 2.05) is 10.3 Å². The van der Waals surface area contributed by atoms with Crippen LogP contribution in [0.2, 0.25) is 0 Å². The van der Waals surface area contributed by atoms with Gasteiger partial charge in [0.15, 0.2) is 0 Å². The summed E-state index contributed by atoms with van der Waals surface area (Å²) in [7, 11) is 0. The molecule has 1 aromatic carbocycles. The molecule has 26 heavy (non-hydrogen) atoms. The number of nitrogens with zero attached hydrogens (tertiary/aromatic N) is 2. The Balaban J connectivity index is 1.31. The summed E-state index contributed by atoms with van der Waals surface area (Å²) in [6.07, 6.45) is 5.56. The molecular weight excluding hydrogens is 342 g/mol. The number of piperidine rings is 2. The topological polar surface area (TPSA) is 45.2 Å². The maximum absolute atomic E-state index is 12.8. The van der Waals surface area contributed by atoms with Crippen molar-refractivity contribution in [3.05, 3.63) is 52.0 Å². The van der Waals surface area contributed by atoms with Crippen LogP contribution in [0.25, 0.3) is 0 Å². The predicted molar refractivity (Wildman–Crippen MR) is 106 cm³/mol. The van der Waals surface area contributed by atoms with Crippen molar-refractivity contribution in [1.29, 1.82) is 0 Å². The minimum atomic E-state index is 0.125. The molecule has 1 amide bonds. The van der Waals surface area contributed by atoms with E-state index in [1.165, 1.54) is 5.56 Å². The number of amides is 1. The van der Waals surface area contributed by atoms with Crippen molar-refractivity contribution in [2.24, 2.45) is 5.92 Å². The van der Waals surface area contributed by atoms with Gasteiger partial charge in [-0.25, -0.2) is 4.98 Å². The van der Waals surface area contributed by atoms with Gasteiger partial charge in [0.1, 0.15) is 5.69 Å². The van der Waals surface area contributed by atoms with E-state index in [4.69, 9.17) is 4.98 Å². The van der Waals surface area contributed by atoms with E-state index >= 15 is 0 Å². The monoisotopic (exact) mass is 369 g/mol. The van der Waals surface area contributed by atoms with E-state index in [9.17, 15) is 4.79 Å². The Hall–Kier alpha value is -1.72. The van der Waals surface area contributed by atoms with Gasteiger partial charge in [0, 0.05) is 24.4 Å². The second-order valence-corrected chi connectivity index (χ2v) is 8.41. The average molecular weight is 370 g/mol. The normalized spacial score (nSPS) is 19.6. The van der Waals surface area contributed by atoms with Crippen molar-refractivity contribution in [2.75, 3.05) is 26.2 Å². The minimum absolute atomic E-state index is 0.125. The van der Waals surface area contributed by atoms with Crippen LogP contribution < -0.4 is 5.32 Å². The first-order valence-electron chi connectivity index (χ1n) is 9.79. The van der Waals surface area contributed by atoms with Crippen molar-refractivity contribution < 1.29 is 4.79 Å². The molecule has 2 aliphatic heterocycles. The Kier molecular flexibility index (Phi) is 5.65. The fraction of sp³-hybridized carbons (Fsp3) is 0.524. The molecule has 2 aliphatic rings. The molecule has 1 N–H and O–H groups in total. The van der Waals surface area contributed by atoms with E-state index in [0.717, 1.165) is 63.3 Å². The first kappa shape index (κ1) is 17.7. The van der Waals surface area contributed by atoms with Gasteiger partial charge in [-0.1, -0.05) is 30.3 Å². The molecule has 1 aromatic heterocycles. The summed E-state index contributed by atoms with van der Waals surface area (Å²) < 4.78 is 0. The molecule has 0 saturated carbocycles. The number of benzene rings is 1. The van der Waals surface area contributed by atoms with Crippen molar-refractivity contribution in [2.45, 2.75) is 38.0 Å². The third-order valence-electron chi connectivity index (χ3n) is 5.70. The smallest absolute Gasteiger partial charge is 0.273 e. The number of thiazole rings is 1. The van der Waals surface area contributed by atoms with E-state index < -0.39 is 0 Å². The van der Waals surface area contributed by atoms with Gasteiger partial charge in [-0.2, -0.15) is 0 Å². The van der Waals surface area contributed by atoms with E-state index in [-0.39, 0.29) is 5.91 Å². The van der Waals surface area contributed by atoms with Gasteiger partial charge in [0.05, 0.1) is 5.01 Å². The number of likely N-dealkylation sites (tertiary alicyclic amines) is 1. The molecule has 0 spiro atoms. The van der Waals surface area contributed by atoms with Crippen LogP contribution in [0.15, 0.2) is 35.7 Å². The predicted octanol–water partition coefficient (Wildman–Crippen LogP) is 3.71. The summed E-state index contributed by atoms with van der Waals surface area (Å²) in [5.74, 6) is 1.33. The molecule has 0 radical (unpaired) electrons. The van der Waals surface area contributed by atoms with Crippen molar-refractivity contribution in [3.63, 3.8) is 0 Å². The fourth-order valence-electron chi connectivity index (χ4n) is 4.09. The second-order valence-electron chi connectivity index (χ2n) is 7.52. The number of hydrogen-bond acceptors (Lipinski definition) is 4. The Morgan fingerprint density at radius 1 is 1.12 bits per heavy atom. The standard InChI is InChI=1S/C21H27N3OS/c25-21(19-15-26-20(23-19)18-6-10-22-11-7-18)24-12-8-17(9-13-24)14-16-4-2-1-3-5-16/h1-5,15,17-18,22H,6-14H2. The van der Waals surface area contributed by atoms with Gasteiger partial charge in [-0.15, -0.1) is 11.3 Å². The molecule has 0 atom stereocenters. The summed E-state index contributed by atoms with van der Waals surface area (Å²) in [6.45, 7) is 3.83. The zero-order valence-corrected chi connectivity index (χ0v) is 16.0. The van der Waals surface area contributed by atoms with Gasteiger partial charge in [0.2, 0.25) is 0 Å². The molecule has 4 rings (SSSR count). The highest BCUT2D eigenvalue weighted by Gasteiger charge is 2.26. The number of aromatic nitrogens is 1. The van der Waals surface area contributed by atoms with Gasteiger partial charge in [0.25, 0.3) is 5.91 Å². The fourth-order valence-corrected chi connectivity index (χ4v) is 5.06. The van der Waals surface area contributed by atoms with E-state index in [0.29, 0.717) is 17.5 Å². The SMILES string of the molecule is O=C(c1csc(C2CCNCC2)n1)N1CCC(Cc2ccccc2)CC1.